The van der Waals surface area contributed by atoms with Gasteiger partial charge < -0.3 is 4.90 Å². The summed E-state index contributed by atoms with van der Waals surface area (Å²) in [6, 6.07) is 7.59. The summed E-state index contributed by atoms with van der Waals surface area (Å²) in [5.74, 6) is 0.0480. The van der Waals surface area contributed by atoms with E-state index in [1.807, 2.05) is 29.2 Å². The third-order valence-corrected chi connectivity index (χ3v) is 6.10. The molecular formula is C20H32N2O3S. The molecule has 1 heterocycles. The summed E-state index contributed by atoms with van der Waals surface area (Å²) >= 11 is 0. The molecule has 5 nitrogen and oxygen atoms in total. The SMILES string of the molecule is CC(C)(C)c1ccc(N(CCC(=O)N2CCCCCC2)S(C)(=O)=O)cc1. The molecule has 0 spiro atoms. The maximum atomic E-state index is 12.5. The van der Waals surface area contributed by atoms with Crippen molar-refractivity contribution in [3.8, 4) is 0 Å². The minimum absolute atomic E-state index is 0.0111. The number of rotatable bonds is 5. The van der Waals surface area contributed by atoms with Crippen molar-refractivity contribution in [3.63, 3.8) is 0 Å². The molecule has 0 atom stereocenters. The Balaban J connectivity index is 2.09. The molecule has 1 aliphatic heterocycles. The first-order valence-electron chi connectivity index (χ1n) is 9.45. The number of carbonyl (C=O) groups is 1. The van der Waals surface area contributed by atoms with Crippen LogP contribution in [-0.2, 0) is 20.2 Å². The zero-order valence-electron chi connectivity index (χ0n) is 16.5. The van der Waals surface area contributed by atoms with E-state index in [2.05, 4.69) is 20.8 Å². The van der Waals surface area contributed by atoms with Gasteiger partial charge in [0.1, 0.15) is 0 Å². The minimum atomic E-state index is -3.44. The third-order valence-electron chi connectivity index (χ3n) is 4.91. The molecule has 0 bridgehead atoms. The van der Waals surface area contributed by atoms with Gasteiger partial charge in [-0.2, -0.15) is 0 Å². The highest BCUT2D eigenvalue weighted by Gasteiger charge is 2.22. The summed E-state index contributed by atoms with van der Waals surface area (Å²) in [4.78, 5) is 14.4. The van der Waals surface area contributed by atoms with E-state index in [1.54, 1.807) is 0 Å². The number of hydrogen-bond donors (Lipinski definition) is 0. The smallest absolute Gasteiger partial charge is 0.232 e. The normalized spacial score (nSPS) is 16.2. The Morgan fingerprint density at radius 2 is 1.58 bits per heavy atom. The molecule has 0 radical (unpaired) electrons. The molecular weight excluding hydrogens is 348 g/mol. The standard InChI is InChI=1S/C20H32N2O3S/c1-20(2,3)17-9-11-18(12-10-17)22(26(4,24)25)16-13-19(23)21-14-7-5-6-8-15-21/h9-12H,5-8,13-16H2,1-4H3. The second-order valence-electron chi connectivity index (χ2n) is 8.18. The van der Waals surface area contributed by atoms with Crippen LogP contribution in [0.4, 0.5) is 5.69 Å². The van der Waals surface area contributed by atoms with Crippen molar-refractivity contribution in [1.82, 2.24) is 4.90 Å². The summed E-state index contributed by atoms with van der Waals surface area (Å²) < 4.78 is 25.9. The lowest BCUT2D eigenvalue weighted by Crippen LogP contribution is -2.37. The largest absolute Gasteiger partial charge is 0.343 e. The van der Waals surface area contributed by atoms with Crippen LogP contribution in [0.15, 0.2) is 24.3 Å². The summed E-state index contributed by atoms with van der Waals surface area (Å²) in [5, 5.41) is 0. The Labute approximate surface area is 158 Å². The zero-order valence-corrected chi connectivity index (χ0v) is 17.3. The van der Waals surface area contributed by atoms with Gasteiger partial charge in [0.05, 0.1) is 11.9 Å². The Hall–Kier alpha value is -1.56. The van der Waals surface area contributed by atoms with Gasteiger partial charge in [0, 0.05) is 26.1 Å². The fourth-order valence-corrected chi connectivity index (χ4v) is 4.22. The first kappa shape index (κ1) is 20.7. The summed E-state index contributed by atoms with van der Waals surface area (Å²) in [5.41, 5.74) is 1.77. The van der Waals surface area contributed by atoms with Gasteiger partial charge in [0.25, 0.3) is 0 Å². The molecule has 0 saturated carbocycles. The van der Waals surface area contributed by atoms with Crippen molar-refractivity contribution in [1.29, 1.82) is 0 Å². The highest BCUT2D eigenvalue weighted by atomic mass is 32.2. The van der Waals surface area contributed by atoms with Gasteiger partial charge in [-0.05, 0) is 36.0 Å². The van der Waals surface area contributed by atoms with Gasteiger partial charge in [-0.3, -0.25) is 9.10 Å². The van der Waals surface area contributed by atoms with Crippen LogP contribution in [0.1, 0.15) is 58.4 Å². The number of sulfonamides is 1. The maximum absolute atomic E-state index is 12.5. The molecule has 146 valence electrons. The molecule has 2 rings (SSSR count). The Kier molecular flexibility index (Phi) is 6.72. The van der Waals surface area contributed by atoms with Gasteiger partial charge in [-0.1, -0.05) is 45.7 Å². The Morgan fingerprint density at radius 3 is 2.04 bits per heavy atom. The topological polar surface area (TPSA) is 57.7 Å². The van der Waals surface area contributed by atoms with E-state index in [0.29, 0.717) is 5.69 Å². The van der Waals surface area contributed by atoms with Crippen LogP contribution in [0.25, 0.3) is 0 Å². The molecule has 1 aliphatic rings. The van der Waals surface area contributed by atoms with Crippen LogP contribution in [0.5, 0.6) is 0 Å². The second-order valence-corrected chi connectivity index (χ2v) is 10.1. The number of benzene rings is 1. The van der Waals surface area contributed by atoms with Crippen LogP contribution >= 0.6 is 0 Å². The van der Waals surface area contributed by atoms with Gasteiger partial charge in [0.15, 0.2) is 0 Å². The molecule has 0 aliphatic carbocycles. The molecule has 6 heteroatoms. The summed E-state index contributed by atoms with van der Waals surface area (Å²) in [7, 11) is -3.44. The van der Waals surface area contributed by atoms with Crippen LogP contribution in [0.3, 0.4) is 0 Å². The lowest BCUT2D eigenvalue weighted by atomic mass is 9.87. The molecule has 1 fully saturated rings. The van der Waals surface area contributed by atoms with Crippen molar-refractivity contribution in [2.45, 2.75) is 58.3 Å². The number of nitrogens with zero attached hydrogens (tertiary/aromatic N) is 2. The van der Waals surface area contributed by atoms with Crippen LogP contribution in [0.2, 0.25) is 0 Å². The second kappa shape index (κ2) is 8.42. The molecule has 1 aromatic carbocycles. The number of anilines is 1. The van der Waals surface area contributed by atoms with Gasteiger partial charge in [0.2, 0.25) is 15.9 Å². The number of amides is 1. The van der Waals surface area contributed by atoms with E-state index in [-0.39, 0.29) is 24.3 Å². The average Bonchev–Trinajstić information content (AvgIpc) is 2.82. The summed E-state index contributed by atoms with van der Waals surface area (Å²) in [6.45, 7) is 8.13. The van der Waals surface area contributed by atoms with Gasteiger partial charge in [-0.25, -0.2) is 8.42 Å². The predicted octanol–water partition coefficient (Wildman–Crippen LogP) is 3.54. The van der Waals surface area contributed by atoms with E-state index < -0.39 is 10.0 Å². The van der Waals surface area contributed by atoms with E-state index in [0.717, 1.165) is 31.5 Å². The fraction of sp³-hybridized carbons (Fsp3) is 0.650. The van der Waals surface area contributed by atoms with Crippen molar-refractivity contribution < 1.29 is 13.2 Å². The number of carbonyl (C=O) groups excluding carboxylic acids is 1. The van der Waals surface area contributed by atoms with E-state index in [4.69, 9.17) is 0 Å². The van der Waals surface area contributed by atoms with Gasteiger partial charge in [-0.15, -0.1) is 0 Å². The Bertz CT molecular complexity index is 698. The monoisotopic (exact) mass is 380 g/mol. The van der Waals surface area contributed by atoms with Crippen molar-refractivity contribution in [2.75, 3.05) is 30.2 Å². The molecule has 0 aromatic heterocycles. The van der Waals surface area contributed by atoms with Crippen molar-refractivity contribution >= 4 is 21.6 Å². The zero-order chi connectivity index (χ0) is 19.4. The highest BCUT2D eigenvalue weighted by molar-refractivity contribution is 7.92. The minimum Gasteiger partial charge on any atom is -0.343 e. The first-order valence-corrected chi connectivity index (χ1v) is 11.3. The molecule has 1 amide bonds. The molecule has 0 N–H and O–H groups in total. The fourth-order valence-electron chi connectivity index (χ4n) is 3.29. The molecule has 26 heavy (non-hydrogen) atoms. The van der Waals surface area contributed by atoms with Crippen LogP contribution in [0, 0.1) is 0 Å². The molecule has 0 unspecified atom stereocenters. The Morgan fingerprint density at radius 1 is 1.04 bits per heavy atom. The number of hydrogen-bond acceptors (Lipinski definition) is 3. The van der Waals surface area contributed by atoms with E-state index >= 15 is 0 Å². The van der Waals surface area contributed by atoms with Crippen LogP contribution < -0.4 is 4.31 Å². The van der Waals surface area contributed by atoms with Crippen molar-refractivity contribution in [3.05, 3.63) is 29.8 Å². The summed E-state index contributed by atoms with van der Waals surface area (Å²) in [6.07, 6.45) is 5.82. The maximum Gasteiger partial charge on any atom is 0.232 e. The third kappa shape index (κ3) is 5.73. The predicted molar refractivity (Wildman–Crippen MR) is 107 cm³/mol. The van der Waals surface area contributed by atoms with E-state index in [9.17, 15) is 13.2 Å². The lowest BCUT2D eigenvalue weighted by Gasteiger charge is -2.26. The molecule has 1 saturated heterocycles. The lowest BCUT2D eigenvalue weighted by molar-refractivity contribution is -0.130. The highest BCUT2D eigenvalue weighted by Crippen LogP contribution is 2.26. The number of likely N-dealkylation sites (tertiary alicyclic amines) is 1. The van der Waals surface area contributed by atoms with Crippen LogP contribution in [-0.4, -0.2) is 45.1 Å². The van der Waals surface area contributed by atoms with Gasteiger partial charge >= 0.3 is 0 Å². The molecule has 1 aromatic rings. The average molecular weight is 381 g/mol. The van der Waals surface area contributed by atoms with Crippen molar-refractivity contribution in [2.24, 2.45) is 0 Å². The quantitative estimate of drug-likeness (QED) is 0.785. The van der Waals surface area contributed by atoms with E-state index in [1.165, 1.54) is 23.4 Å². The first-order chi connectivity index (χ1) is 12.1.